The fourth-order valence-corrected chi connectivity index (χ4v) is 3.80. The van der Waals surface area contributed by atoms with E-state index in [1.54, 1.807) is 36.5 Å². The lowest BCUT2D eigenvalue weighted by Crippen LogP contribution is -2.23. The summed E-state index contributed by atoms with van der Waals surface area (Å²) in [6, 6.07) is 19.2. The number of nitrogens with zero attached hydrogens (tertiary/aromatic N) is 1. The van der Waals surface area contributed by atoms with E-state index in [4.69, 9.17) is 16.3 Å². The van der Waals surface area contributed by atoms with Gasteiger partial charge < -0.3 is 4.74 Å². The summed E-state index contributed by atoms with van der Waals surface area (Å²) in [6.45, 7) is 0.535. The molecule has 0 radical (unpaired) electrons. The minimum atomic E-state index is -3.67. The predicted octanol–water partition coefficient (Wildman–Crippen LogP) is 3.79. The van der Waals surface area contributed by atoms with E-state index in [-0.39, 0.29) is 16.5 Å². The Kier molecular flexibility index (Phi) is 5.88. The van der Waals surface area contributed by atoms with Crippen molar-refractivity contribution in [2.24, 2.45) is 0 Å². The molecule has 0 spiro atoms. The fraction of sp³-hybridized carbons (Fsp3) is 0.105. The van der Waals surface area contributed by atoms with E-state index in [9.17, 15) is 8.42 Å². The normalized spacial score (nSPS) is 11.3. The van der Waals surface area contributed by atoms with Gasteiger partial charge in [0.05, 0.1) is 10.7 Å². The second-order valence-electron chi connectivity index (χ2n) is 5.51. The number of benzene rings is 2. The van der Waals surface area contributed by atoms with Crippen LogP contribution in [0.15, 0.2) is 77.8 Å². The van der Waals surface area contributed by atoms with Gasteiger partial charge in [0.2, 0.25) is 10.0 Å². The van der Waals surface area contributed by atoms with Crippen molar-refractivity contribution in [3.05, 3.63) is 89.2 Å². The molecule has 1 heterocycles. The smallest absolute Gasteiger partial charge is 0.242 e. The van der Waals surface area contributed by atoms with Crippen molar-refractivity contribution in [1.29, 1.82) is 0 Å². The molecule has 0 aliphatic rings. The SMILES string of the molecule is O=S(=O)(NCc1ccc(OCc2ccccn2)cc1)c1ccccc1Cl. The molecule has 0 unspecified atom stereocenters. The van der Waals surface area contributed by atoms with Crippen molar-refractivity contribution in [2.45, 2.75) is 18.0 Å². The number of rotatable bonds is 7. The van der Waals surface area contributed by atoms with Crippen molar-refractivity contribution in [2.75, 3.05) is 0 Å². The van der Waals surface area contributed by atoms with Gasteiger partial charge in [-0.05, 0) is 42.0 Å². The third-order valence-corrected chi connectivity index (χ3v) is 5.53. The van der Waals surface area contributed by atoms with E-state index >= 15 is 0 Å². The number of hydrogen-bond donors (Lipinski definition) is 1. The first kappa shape index (κ1) is 18.4. The Morgan fingerprint density at radius 2 is 1.69 bits per heavy atom. The highest BCUT2D eigenvalue weighted by Gasteiger charge is 2.16. The first-order chi connectivity index (χ1) is 12.5. The summed E-state index contributed by atoms with van der Waals surface area (Å²) in [5.74, 6) is 0.688. The van der Waals surface area contributed by atoms with Gasteiger partial charge in [-0.1, -0.05) is 41.9 Å². The molecule has 1 N–H and O–H groups in total. The van der Waals surface area contributed by atoms with Gasteiger partial charge >= 0.3 is 0 Å². The first-order valence-electron chi connectivity index (χ1n) is 7.90. The number of aromatic nitrogens is 1. The monoisotopic (exact) mass is 388 g/mol. The summed E-state index contributed by atoms with van der Waals surface area (Å²) in [7, 11) is -3.67. The van der Waals surface area contributed by atoms with E-state index in [1.807, 2.05) is 30.3 Å². The minimum Gasteiger partial charge on any atom is -0.487 e. The molecule has 0 aliphatic heterocycles. The van der Waals surface area contributed by atoms with Gasteiger partial charge in [0, 0.05) is 12.7 Å². The Morgan fingerprint density at radius 1 is 0.962 bits per heavy atom. The molecule has 26 heavy (non-hydrogen) atoms. The second kappa shape index (κ2) is 8.31. The molecule has 134 valence electrons. The van der Waals surface area contributed by atoms with Gasteiger partial charge in [0.15, 0.2) is 0 Å². The number of hydrogen-bond acceptors (Lipinski definition) is 4. The van der Waals surface area contributed by atoms with Crippen LogP contribution in [0.25, 0.3) is 0 Å². The van der Waals surface area contributed by atoms with Gasteiger partial charge in [-0.25, -0.2) is 13.1 Å². The quantitative estimate of drug-likeness (QED) is 0.668. The van der Waals surface area contributed by atoms with Crippen LogP contribution in [0.2, 0.25) is 5.02 Å². The maximum Gasteiger partial charge on any atom is 0.242 e. The van der Waals surface area contributed by atoms with E-state index in [0.29, 0.717) is 12.4 Å². The van der Waals surface area contributed by atoms with Crippen LogP contribution in [0.5, 0.6) is 5.75 Å². The van der Waals surface area contributed by atoms with E-state index < -0.39 is 10.0 Å². The summed E-state index contributed by atoms with van der Waals surface area (Å²) < 4.78 is 32.9. The Bertz CT molecular complexity index is 962. The molecule has 0 amide bonds. The highest BCUT2D eigenvalue weighted by Crippen LogP contribution is 2.20. The van der Waals surface area contributed by atoms with Crippen molar-refractivity contribution in [3.8, 4) is 5.75 Å². The van der Waals surface area contributed by atoms with Gasteiger partial charge in [-0.2, -0.15) is 0 Å². The summed E-state index contributed by atoms with van der Waals surface area (Å²) >= 11 is 5.96. The zero-order chi connectivity index (χ0) is 18.4. The number of halogens is 1. The zero-order valence-electron chi connectivity index (χ0n) is 13.8. The van der Waals surface area contributed by atoms with Crippen molar-refractivity contribution >= 4 is 21.6 Å². The predicted molar refractivity (Wildman–Crippen MR) is 100 cm³/mol. The number of ether oxygens (including phenoxy) is 1. The van der Waals surface area contributed by atoms with Crippen LogP contribution in [0.3, 0.4) is 0 Å². The van der Waals surface area contributed by atoms with Crippen LogP contribution in [0, 0.1) is 0 Å². The molecular formula is C19H17ClN2O3S. The van der Waals surface area contributed by atoms with Crippen LogP contribution in [-0.2, 0) is 23.2 Å². The minimum absolute atomic E-state index is 0.0666. The van der Waals surface area contributed by atoms with Crippen LogP contribution in [0.1, 0.15) is 11.3 Å². The Morgan fingerprint density at radius 3 is 2.38 bits per heavy atom. The van der Waals surface area contributed by atoms with Crippen LogP contribution >= 0.6 is 11.6 Å². The summed E-state index contributed by atoms with van der Waals surface area (Å²) in [5, 5.41) is 0.193. The lowest BCUT2D eigenvalue weighted by molar-refractivity contribution is 0.301. The molecule has 7 heteroatoms. The standard InChI is InChI=1S/C19H17ClN2O3S/c20-18-6-1-2-7-19(18)26(23,24)22-13-15-8-10-17(11-9-15)25-14-16-5-3-4-12-21-16/h1-12,22H,13-14H2. The highest BCUT2D eigenvalue weighted by molar-refractivity contribution is 7.89. The van der Waals surface area contributed by atoms with Crippen molar-refractivity contribution in [3.63, 3.8) is 0 Å². The molecule has 0 saturated carbocycles. The Labute approximate surface area is 157 Å². The lowest BCUT2D eigenvalue weighted by atomic mass is 10.2. The van der Waals surface area contributed by atoms with Crippen LogP contribution in [0.4, 0.5) is 0 Å². The molecule has 0 bridgehead atoms. The molecule has 0 aliphatic carbocycles. The summed E-state index contributed by atoms with van der Waals surface area (Å²) in [5.41, 5.74) is 1.65. The average Bonchev–Trinajstić information content (AvgIpc) is 2.67. The molecule has 0 fully saturated rings. The maximum atomic E-state index is 12.3. The Hall–Kier alpha value is -2.41. The number of pyridine rings is 1. The van der Waals surface area contributed by atoms with Gasteiger partial charge in [0.1, 0.15) is 17.3 Å². The van der Waals surface area contributed by atoms with Crippen molar-refractivity contribution < 1.29 is 13.2 Å². The third kappa shape index (κ3) is 4.82. The average molecular weight is 389 g/mol. The molecule has 0 atom stereocenters. The maximum absolute atomic E-state index is 12.3. The van der Waals surface area contributed by atoms with E-state index in [0.717, 1.165) is 11.3 Å². The van der Waals surface area contributed by atoms with E-state index in [2.05, 4.69) is 9.71 Å². The summed E-state index contributed by atoms with van der Waals surface area (Å²) in [4.78, 5) is 4.26. The number of nitrogens with one attached hydrogen (secondary N) is 1. The lowest BCUT2D eigenvalue weighted by Gasteiger charge is -2.09. The van der Waals surface area contributed by atoms with Crippen LogP contribution < -0.4 is 9.46 Å². The fourth-order valence-electron chi connectivity index (χ4n) is 2.26. The zero-order valence-corrected chi connectivity index (χ0v) is 15.4. The van der Waals surface area contributed by atoms with Gasteiger partial charge in [-0.15, -0.1) is 0 Å². The molecule has 2 aromatic carbocycles. The highest BCUT2D eigenvalue weighted by atomic mass is 35.5. The molecule has 3 aromatic rings. The summed E-state index contributed by atoms with van der Waals surface area (Å²) in [6.07, 6.45) is 1.72. The third-order valence-electron chi connectivity index (χ3n) is 3.63. The molecule has 0 saturated heterocycles. The number of sulfonamides is 1. The largest absolute Gasteiger partial charge is 0.487 e. The molecule has 3 rings (SSSR count). The van der Waals surface area contributed by atoms with Crippen molar-refractivity contribution in [1.82, 2.24) is 9.71 Å². The molecule has 5 nitrogen and oxygen atoms in total. The van der Waals surface area contributed by atoms with E-state index in [1.165, 1.54) is 6.07 Å². The van der Waals surface area contributed by atoms with Gasteiger partial charge in [0.25, 0.3) is 0 Å². The van der Waals surface area contributed by atoms with Gasteiger partial charge in [-0.3, -0.25) is 4.98 Å². The molecular weight excluding hydrogens is 372 g/mol. The first-order valence-corrected chi connectivity index (χ1v) is 9.76. The second-order valence-corrected chi connectivity index (χ2v) is 7.65. The Balaban J connectivity index is 1.58. The van der Waals surface area contributed by atoms with Crippen LogP contribution in [-0.4, -0.2) is 13.4 Å². The molecule has 1 aromatic heterocycles. The topological polar surface area (TPSA) is 68.3 Å².